The summed E-state index contributed by atoms with van der Waals surface area (Å²) >= 11 is 0. The molecule has 4 heteroatoms. The highest BCUT2D eigenvalue weighted by Gasteiger charge is 2.56. The van der Waals surface area contributed by atoms with Gasteiger partial charge in [-0.3, -0.25) is 14.5 Å². The molecule has 1 N–H and O–H groups in total. The van der Waals surface area contributed by atoms with Crippen LogP contribution in [0.3, 0.4) is 0 Å². The highest BCUT2D eigenvalue weighted by Crippen LogP contribution is 2.48. The summed E-state index contributed by atoms with van der Waals surface area (Å²) in [6, 6.07) is 0. The Kier molecular flexibility index (Phi) is 3.02. The lowest BCUT2D eigenvalue weighted by molar-refractivity contribution is -0.150. The molecule has 1 aliphatic carbocycles. The molecule has 17 heavy (non-hydrogen) atoms. The zero-order chi connectivity index (χ0) is 12.7. The predicted octanol–water partition coefficient (Wildman–Crippen LogP) is 1.47. The van der Waals surface area contributed by atoms with E-state index in [0.29, 0.717) is 12.8 Å². The SMILES string of the molecule is CCC(C)(CO)N1C(=O)CC2(CCCC2)C1=O. The van der Waals surface area contributed by atoms with Gasteiger partial charge in [0, 0.05) is 6.42 Å². The van der Waals surface area contributed by atoms with Crippen molar-refractivity contribution in [3.05, 3.63) is 0 Å². The standard InChI is InChI=1S/C13H21NO3/c1-3-12(2,9-15)14-10(16)8-13(11(14)17)6-4-5-7-13/h15H,3-9H2,1-2H3. The molecule has 1 unspecified atom stereocenters. The van der Waals surface area contributed by atoms with Gasteiger partial charge in [-0.25, -0.2) is 0 Å². The molecule has 2 fully saturated rings. The van der Waals surface area contributed by atoms with Gasteiger partial charge >= 0.3 is 0 Å². The lowest BCUT2D eigenvalue weighted by Crippen LogP contribution is -2.53. The van der Waals surface area contributed by atoms with Crippen LogP contribution in [0, 0.1) is 5.41 Å². The number of likely N-dealkylation sites (tertiary alicyclic amines) is 1. The van der Waals surface area contributed by atoms with E-state index in [1.807, 2.05) is 6.92 Å². The van der Waals surface area contributed by atoms with E-state index in [0.717, 1.165) is 25.7 Å². The third kappa shape index (κ3) is 1.69. The van der Waals surface area contributed by atoms with E-state index in [1.54, 1.807) is 6.92 Å². The Bertz CT molecular complexity index is 341. The monoisotopic (exact) mass is 239 g/mol. The Morgan fingerprint density at radius 1 is 1.35 bits per heavy atom. The summed E-state index contributed by atoms with van der Waals surface area (Å²) in [5, 5.41) is 9.47. The second kappa shape index (κ2) is 4.09. The van der Waals surface area contributed by atoms with E-state index < -0.39 is 11.0 Å². The van der Waals surface area contributed by atoms with Crippen molar-refractivity contribution >= 4 is 11.8 Å². The Hall–Kier alpha value is -0.900. The third-order valence-electron chi connectivity index (χ3n) is 4.60. The molecular weight excluding hydrogens is 218 g/mol. The molecule has 2 aliphatic rings. The molecule has 96 valence electrons. The van der Waals surface area contributed by atoms with Crippen LogP contribution in [0.25, 0.3) is 0 Å². The Balaban J connectivity index is 2.31. The van der Waals surface area contributed by atoms with E-state index in [4.69, 9.17) is 0 Å². The smallest absolute Gasteiger partial charge is 0.236 e. The summed E-state index contributed by atoms with van der Waals surface area (Å²) in [7, 11) is 0. The first-order valence-electron chi connectivity index (χ1n) is 6.47. The molecule has 1 saturated carbocycles. The van der Waals surface area contributed by atoms with Gasteiger partial charge in [0.2, 0.25) is 11.8 Å². The normalized spacial score (nSPS) is 26.9. The number of carbonyl (C=O) groups is 2. The van der Waals surface area contributed by atoms with E-state index in [-0.39, 0.29) is 18.4 Å². The number of aliphatic hydroxyl groups excluding tert-OH is 1. The highest BCUT2D eigenvalue weighted by atomic mass is 16.3. The van der Waals surface area contributed by atoms with Crippen LogP contribution in [0.4, 0.5) is 0 Å². The zero-order valence-electron chi connectivity index (χ0n) is 10.7. The Morgan fingerprint density at radius 3 is 2.41 bits per heavy atom. The number of rotatable bonds is 3. The van der Waals surface area contributed by atoms with Crippen LogP contribution in [0.15, 0.2) is 0 Å². The molecule has 1 spiro atoms. The maximum absolute atomic E-state index is 12.5. The molecule has 0 bridgehead atoms. The number of hydrogen-bond acceptors (Lipinski definition) is 3. The molecule has 0 aromatic rings. The van der Waals surface area contributed by atoms with Crippen LogP contribution in [0.1, 0.15) is 52.4 Å². The maximum atomic E-state index is 12.5. The molecule has 0 aromatic heterocycles. The second-order valence-electron chi connectivity index (χ2n) is 5.71. The number of aliphatic hydroxyl groups is 1. The largest absolute Gasteiger partial charge is 0.394 e. The first-order valence-corrected chi connectivity index (χ1v) is 6.47. The molecule has 0 radical (unpaired) electrons. The molecule has 1 saturated heterocycles. The summed E-state index contributed by atoms with van der Waals surface area (Å²) in [5.41, 5.74) is -1.15. The minimum absolute atomic E-state index is 0.0431. The fourth-order valence-corrected chi connectivity index (χ4v) is 3.12. The molecule has 1 atom stereocenters. The Morgan fingerprint density at radius 2 is 1.94 bits per heavy atom. The molecule has 2 rings (SSSR count). The van der Waals surface area contributed by atoms with Gasteiger partial charge in [0.05, 0.1) is 17.6 Å². The number of amides is 2. The lowest BCUT2D eigenvalue weighted by atomic mass is 9.84. The van der Waals surface area contributed by atoms with Crippen molar-refractivity contribution < 1.29 is 14.7 Å². The summed E-state index contributed by atoms with van der Waals surface area (Å²) in [4.78, 5) is 25.9. The van der Waals surface area contributed by atoms with E-state index in [1.165, 1.54) is 4.90 Å². The molecule has 0 aromatic carbocycles. The Labute approximate surface area is 102 Å². The second-order valence-corrected chi connectivity index (χ2v) is 5.71. The highest BCUT2D eigenvalue weighted by molar-refractivity contribution is 6.06. The van der Waals surface area contributed by atoms with Crippen molar-refractivity contribution in [2.45, 2.75) is 57.9 Å². The van der Waals surface area contributed by atoms with Gasteiger partial charge in [-0.15, -0.1) is 0 Å². The van der Waals surface area contributed by atoms with Crippen LogP contribution < -0.4 is 0 Å². The summed E-state index contributed by atoms with van der Waals surface area (Å²) in [6.45, 7) is 3.53. The van der Waals surface area contributed by atoms with Crippen molar-refractivity contribution in [3.8, 4) is 0 Å². The topological polar surface area (TPSA) is 57.6 Å². The van der Waals surface area contributed by atoms with Gasteiger partial charge in [0.25, 0.3) is 0 Å². The molecule has 1 heterocycles. The number of imide groups is 1. The number of hydrogen-bond donors (Lipinski definition) is 1. The van der Waals surface area contributed by atoms with E-state index >= 15 is 0 Å². The third-order valence-corrected chi connectivity index (χ3v) is 4.60. The lowest BCUT2D eigenvalue weighted by Gasteiger charge is -2.36. The van der Waals surface area contributed by atoms with Crippen LogP contribution >= 0.6 is 0 Å². The van der Waals surface area contributed by atoms with Crippen molar-refractivity contribution in [2.75, 3.05) is 6.61 Å². The van der Waals surface area contributed by atoms with Crippen molar-refractivity contribution in [3.63, 3.8) is 0 Å². The molecule has 1 aliphatic heterocycles. The molecule has 2 amide bonds. The zero-order valence-corrected chi connectivity index (χ0v) is 10.7. The first kappa shape index (κ1) is 12.6. The average Bonchev–Trinajstić information content (AvgIpc) is 2.86. The van der Waals surface area contributed by atoms with Gasteiger partial charge in [0.15, 0.2) is 0 Å². The minimum atomic E-state index is -0.722. The van der Waals surface area contributed by atoms with Crippen LogP contribution in [0.5, 0.6) is 0 Å². The van der Waals surface area contributed by atoms with Gasteiger partial charge in [-0.05, 0) is 26.2 Å². The van der Waals surface area contributed by atoms with Crippen molar-refractivity contribution in [1.82, 2.24) is 4.90 Å². The van der Waals surface area contributed by atoms with E-state index in [2.05, 4.69) is 0 Å². The van der Waals surface area contributed by atoms with Gasteiger partial charge < -0.3 is 5.11 Å². The van der Waals surface area contributed by atoms with E-state index in [9.17, 15) is 14.7 Å². The van der Waals surface area contributed by atoms with Crippen LogP contribution in [0.2, 0.25) is 0 Å². The fraction of sp³-hybridized carbons (Fsp3) is 0.846. The minimum Gasteiger partial charge on any atom is -0.394 e. The number of nitrogens with zero attached hydrogens (tertiary/aromatic N) is 1. The maximum Gasteiger partial charge on any atom is 0.236 e. The van der Waals surface area contributed by atoms with Crippen LogP contribution in [-0.4, -0.2) is 34.0 Å². The summed E-state index contributed by atoms with van der Waals surface area (Å²) in [5.74, 6) is -0.145. The predicted molar refractivity (Wildman–Crippen MR) is 63.2 cm³/mol. The van der Waals surface area contributed by atoms with Crippen LogP contribution in [-0.2, 0) is 9.59 Å². The molecule has 4 nitrogen and oxygen atoms in total. The van der Waals surface area contributed by atoms with Gasteiger partial charge in [-0.1, -0.05) is 19.8 Å². The fourth-order valence-electron chi connectivity index (χ4n) is 3.12. The van der Waals surface area contributed by atoms with Crippen molar-refractivity contribution in [2.24, 2.45) is 5.41 Å². The number of carbonyl (C=O) groups excluding carboxylic acids is 2. The van der Waals surface area contributed by atoms with Gasteiger partial charge in [0.1, 0.15) is 0 Å². The average molecular weight is 239 g/mol. The summed E-state index contributed by atoms with van der Waals surface area (Å²) < 4.78 is 0. The molecular formula is C13H21NO3. The first-order chi connectivity index (χ1) is 7.99. The van der Waals surface area contributed by atoms with Crippen molar-refractivity contribution in [1.29, 1.82) is 0 Å². The summed E-state index contributed by atoms with van der Waals surface area (Å²) in [6.07, 6.45) is 4.68. The van der Waals surface area contributed by atoms with Gasteiger partial charge in [-0.2, -0.15) is 0 Å². The quantitative estimate of drug-likeness (QED) is 0.759.